The van der Waals surface area contributed by atoms with Gasteiger partial charge in [0.1, 0.15) is 11.9 Å². The van der Waals surface area contributed by atoms with E-state index in [0.29, 0.717) is 22.3 Å². The summed E-state index contributed by atoms with van der Waals surface area (Å²) in [5.74, 6) is -4.32. The lowest BCUT2D eigenvalue weighted by molar-refractivity contribution is -0.160. The Hall–Kier alpha value is -3.77. The van der Waals surface area contributed by atoms with Crippen molar-refractivity contribution in [1.82, 2.24) is 10.2 Å². The maximum atomic E-state index is 14.9. The third-order valence-electron chi connectivity index (χ3n) is 7.23. The molecule has 2 heterocycles. The Morgan fingerprint density at radius 3 is 2.60 bits per heavy atom. The second kappa shape index (κ2) is 10.7. The maximum Gasteiger partial charge on any atom is 0.345 e. The van der Waals surface area contributed by atoms with Crippen LogP contribution in [0.3, 0.4) is 0 Å². The number of benzene rings is 2. The monoisotopic (exact) mass is 574 g/mol. The predicted molar refractivity (Wildman–Crippen MR) is 141 cm³/mol. The molecule has 0 spiro atoms. The van der Waals surface area contributed by atoms with Gasteiger partial charge in [-0.15, -0.1) is 11.3 Å². The van der Waals surface area contributed by atoms with Gasteiger partial charge in [-0.1, -0.05) is 42.5 Å². The summed E-state index contributed by atoms with van der Waals surface area (Å²) in [4.78, 5) is 28.6. The Bertz CT molecular complexity index is 1480. The zero-order valence-electron chi connectivity index (χ0n) is 21.3. The van der Waals surface area contributed by atoms with Crippen molar-refractivity contribution in [3.8, 4) is 11.1 Å². The molecule has 0 bridgehead atoms. The first-order valence-corrected chi connectivity index (χ1v) is 13.4. The minimum atomic E-state index is -3.16. The van der Waals surface area contributed by atoms with Crippen LogP contribution >= 0.6 is 11.3 Å². The number of amidine groups is 1. The third kappa shape index (κ3) is 5.20. The molecular weight excluding hydrogens is 548 g/mol. The fourth-order valence-electron chi connectivity index (χ4n) is 5.28. The highest BCUT2D eigenvalue weighted by molar-refractivity contribution is 7.10. The number of nitrogens with zero attached hydrogens (tertiary/aromatic N) is 1. The summed E-state index contributed by atoms with van der Waals surface area (Å²) < 4.78 is 60.4. The molecule has 12 heteroatoms. The number of ether oxygens (including phenoxy) is 1. The summed E-state index contributed by atoms with van der Waals surface area (Å²) in [6, 6.07) is 10.6. The molecule has 1 aromatic heterocycles. The number of hydrogen-bond acceptors (Lipinski definition) is 5. The lowest BCUT2D eigenvalue weighted by atomic mass is 10.0. The van der Waals surface area contributed by atoms with Gasteiger partial charge in [-0.3, -0.25) is 15.0 Å². The molecule has 1 fully saturated rings. The van der Waals surface area contributed by atoms with Crippen molar-refractivity contribution in [1.29, 1.82) is 5.41 Å². The van der Waals surface area contributed by atoms with E-state index in [1.165, 1.54) is 40.5 Å². The predicted octanol–water partition coefficient (Wildman–Crippen LogP) is 4.78. The first-order valence-electron chi connectivity index (χ1n) is 12.5. The van der Waals surface area contributed by atoms with Crippen molar-refractivity contribution in [2.24, 2.45) is 5.73 Å². The number of likely N-dealkylation sites (tertiary alicyclic amines) is 1. The first-order chi connectivity index (χ1) is 19.0. The molecule has 1 saturated heterocycles. The number of nitrogens with two attached hydrogens (primary N) is 1. The number of fused-ring (bicyclic) bond motifs is 3. The van der Waals surface area contributed by atoms with E-state index in [0.717, 1.165) is 4.88 Å². The van der Waals surface area contributed by atoms with Gasteiger partial charge >= 0.3 is 6.61 Å². The minimum absolute atomic E-state index is 0.105. The van der Waals surface area contributed by atoms with E-state index in [2.05, 4.69) is 10.1 Å². The molecule has 4 N–H and O–H groups in total. The molecule has 1 unspecified atom stereocenters. The molecule has 1 aliphatic heterocycles. The average molecular weight is 575 g/mol. The van der Waals surface area contributed by atoms with Crippen molar-refractivity contribution in [3.63, 3.8) is 0 Å². The van der Waals surface area contributed by atoms with Crippen molar-refractivity contribution in [2.45, 2.75) is 50.5 Å². The largest absolute Gasteiger partial charge is 0.384 e. The zero-order valence-corrected chi connectivity index (χ0v) is 22.1. The Labute approximate surface area is 231 Å². The van der Waals surface area contributed by atoms with Gasteiger partial charge in [-0.05, 0) is 29.7 Å². The van der Waals surface area contributed by atoms with E-state index in [1.807, 2.05) is 0 Å². The second-order valence-electron chi connectivity index (χ2n) is 9.87. The Morgan fingerprint density at radius 2 is 1.90 bits per heavy atom. The van der Waals surface area contributed by atoms with Crippen LogP contribution in [0.5, 0.6) is 0 Å². The first kappa shape index (κ1) is 27.8. The molecule has 5 rings (SSSR count). The normalized spacial score (nSPS) is 19.8. The van der Waals surface area contributed by atoms with Crippen LogP contribution in [-0.4, -0.2) is 47.9 Å². The summed E-state index contributed by atoms with van der Waals surface area (Å²) >= 11 is 1.30. The van der Waals surface area contributed by atoms with Gasteiger partial charge in [0, 0.05) is 39.9 Å². The number of carbonyl (C=O) groups excluding carboxylic acids is 2. The van der Waals surface area contributed by atoms with Crippen LogP contribution in [0, 0.1) is 5.41 Å². The molecule has 0 saturated carbocycles. The summed E-state index contributed by atoms with van der Waals surface area (Å²) in [5.41, 5.74) is 6.94. The average Bonchev–Trinajstić information content (AvgIpc) is 3.60. The van der Waals surface area contributed by atoms with Crippen LogP contribution in [0.1, 0.15) is 46.5 Å². The van der Waals surface area contributed by atoms with Gasteiger partial charge in [0.2, 0.25) is 11.8 Å². The van der Waals surface area contributed by atoms with Crippen molar-refractivity contribution in [2.75, 3.05) is 6.54 Å². The van der Waals surface area contributed by atoms with Gasteiger partial charge in [0.05, 0.1) is 18.6 Å². The number of amides is 2. The standard InChI is InChI=1S/C28H26F4N4O3S/c1-14(23-10-16(13-40-23)25(33)34)35-26(38)22-11-17(39-27(29)30)12-36(22)24(37)9-15-6-7-21-19(8-15)18-4-2-3-5-20(18)28(21,31)32/h2-8,10,13-14,17,22,27H,9,11-12H2,1H3,(H3,33,34)(H,35,38)/t14-,17-,22?/m1/s1. The van der Waals surface area contributed by atoms with Crippen molar-refractivity contribution in [3.05, 3.63) is 81.0 Å². The Morgan fingerprint density at radius 1 is 1.18 bits per heavy atom. The fourth-order valence-corrected chi connectivity index (χ4v) is 6.19. The maximum absolute atomic E-state index is 14.9. The number of halogens is 4. The minimum Gasteiger partial charge on any atom is -0.384 e. The van der Waals surface area contributed by atoms with Gasteiger partial charge in [-0.2, -0.15) is 17.6 Å². The van der Waals surface area contributed by atoms with Gasteiger partial charge < -0.3 is 20.7 Å². The van der Waals surface area contributed by atoms with E-state index in [4.69, 9.17) is 11.1 Å². The highest BCUT2D eigenvalue weighted by Gasteiger charge is 2.45. The lowest BCUT2D eigenvalue weighted by Gasteiger charge is -2.25. The molecule has 3 atom stereocenters. The van der Waals surface area contributed by atoms with Crippen molar-refractivity contribution >= 4 is 29.0 Å². The highest BCUT2D eigenvalue weighted by atomic mass is 32.1. The molecule has 40 heavy (non-hydrogen) atoms. The molecule has 0 radical (unpaired) electrons. The zero-order chi connectivity index (χ0) is 28.8. The molecule has 1 aliphatic carbocycles. The van der Waals surface area contributed by atoms with Gasteiger partial charge in [0.15, 0.2) is 0 Å². The number of nitrogen functional groups attached to an aromatic ring is 1. The molecule has 2 amide bonds. The SMILES string of the molecule is C[C@@H](NC(=O)C1C[C@@H](OC(F)F)CN1C(=O)Cc1ccc2c(c1)-c1ccccc1C2(F)F)c1cc(C(=N)N)cs1. The van der Waals surface area contributed by atoms with E-state index in [-0.39, 0.29) is 36.3 Å². The quantitative estimate of drug-likeness (QED) is 0.204. The molecule has 7 nitrogen and oxygen atoms in total. The molecule has 2 aromatic carbocycles. The van der Waals surface area contributed by atoms with Gasteiger partial charge in [-0.25, -0.2) is 0 Å². The fraction of sp³-hybridized carbons (Fsp3) is 0.321. The number of nitrogens with one attached hydrogen (secondary N) is 2. The number of hydrogen-bond donors (Lipinski definition) is 3. The van der Waals surface area contributed by atoms with Crippen molar-refractivity contribution < 1.29 is 31.9 Å². The summed E-state index contributed by atoms with van der Waals surface area (Å²) in [6.07, 6.45) is -1.39. The number of carbonyl (C=O) groups is 2. The second-order valence-corrected chi connectivity index (χ2v) is 10.8. The topological polar surface area (TPSA) is 109 Å². The lowest BCUT2D eigenvalue weighted by Crippen LogP contribution is -2.47. The number of rotatable bonds is 8. The summed E-state index contributed by atoms with van der Waals surface area (Å²) in [5, 5.41) is 12.0. The molecule has 2 aliphatic rings. The van der Waals surface area contributed by atoms with Crippen LogP contribution in [0.4, 0.5) is 17.6 Å². The molecule has 3 aromatic rings. The highest BCUT2D eigenvalue weighted by Crippen LogP contribution is 2.51. The van der Waals surface area contributed by atoms with Crippen LogP contribution < -0.4 is 11.1 Å². The third-order valence-corrected chi connectivity index (χ3v) is 8.35. The number of alkyl halides is 4. The summed E-state index contributed by atoms with van der Waals surface area (Å²) in [7, 11) is 0. The van der Waals surface area contributed by atoms with E-state index >= 15 is 0 Å². The summed E-state index contributed by atoms with van der Waals surface area (Å²) in [6.45, 7) is -1.56. The van der Waals surface area contributed by atoms with Crippen LogP contribution in [0.15, 0.2) is 53.9 Å². The number of thiophene rings is 1. The van der Waals surface area contributed by atoms with Crippen LogP contribution in [-0.2, 0) is 26.7 Å². The van der Waals surface area contributed by atoms with E-state index < -0.39 is 42.5 Å². The van der Waals surface area contributed by atoms with Crippen LogP contribution in [0.25, 0.3) is 11.1 Å². The molecule has 210 valence electrons. The van der Waals surface area contributed by atoms with E-state index in [1.54, 1.807) is 36.6 Å². The van der Waals surface area contributed by atoms with Crippen LogP contribution in [0.2, 0.25) is 0 Å². The van der Waals surface area contributed by atoms with E-state index in [9.17, 15) is 27.2 Å². The Balaban J connectivity index is 1.34. The molecular formula is C28H26F4N4O3S. The van der Waals surface area contributed by atoms with Gasteiger partial charge in [0.25, 0.3) is 5.92 Å². The smallest absolute Gasteiger partial charge is 0.345 e. The Kier molecular flexibility index (Phi) is 7.40.